The van der Waals surface area contributed by atoms with E-state index in [9.17, 15) is 18.4 Å². The second kappa shape index (κ2) is 8.05. The fourth-order valence-corrected chi connectivity index (χ4v) is 1.99. The SMILES string of the molecule is COC(=O)[C@H](NC(=O)COc1ccccc1)c1cc(F)ccc1F. The molecule has 0 aliphatic rings. The Hall–Kier alpha value is -2.96. The molecule has 1 atom stereocenters. The fourth-order valence-electron chi connectivity index (χ4n) is 1.99. The Labute approximate surface area is 137 Å². The largest absolute Gasteiger partial charge is 0.484 e. The Kier molecular flexibility index (Phi) is 5.83. The van der Waals surface area contributed by atoms with Crippen molar-refractivity contribution in [2.24, 2.45) is 0 Å². The maximum Gasteiger partial charge on any atom is 0.333 e. The minimum atomic E-state index is -1.47. The van der Waals surface area contributed by atoms with Crippen molar-refractivity contribution in [2.75, 3.05) is 13.7 Å². The first-order valence-electron chi connectivity index (χ1n) is 7.01. The van der Waals surface area contributed by atoms with Gasteiger partial charge in [-0.1, -0.05) is 18.2 Å². The number of hydrogen-bond donors (Lipinski definition) is 1. The number of carbonyl (C=O) groups excluding carboxylic acids is 2. The van der Waals surface area contributed by atoms with Crippen molar-refractivity contribution >= 4 is 11.9 Å². The first kappa shape index (κ1) is 17.4. The second-order valence-electron chi connectivity index (χ2n) is 4.79. The molecule has 0 saturated carbocycles. The molecule has 0 fully saturated rings. The topological polar surface area (TPSA) is 64.6 Å². The zero-order valence-corrected chi connectivity index (χ0v) is 12.8. The van der Waals surface area contributed by atoms with E-state index in [2.05, 4.69) is 10.1 Å². The summed E-state index contributed by atoms with van der Waals surface area (Å²) in [4.78, 5) is 23.8. The smallest absolute Gasteiger partial charge is 0.333 e. The van der Waals surface area contributed by atoms with Gasteiger partial charge in [0.15, 0.2) is 12.6 Å². The van der Waals surface area contributed by atoms with Crippen LogP contribution in [0, 0.1) is 11.6 Å². The molecule has 0 radical (unpaired) electrons. The van der Waals surface area contributed by atoms with Crippen LogP contribution in [0.15, 0.2) is 48.5 Å². The van der Waals surface area contributed by atoms with E-state index in [1.54, 1.807) is 30.3 Å². The maximum atomic E-state index is 13.9. The normalized spacial score (nSPS) is 11.5. The van der Waals surface area contributed by atoms with Crippen LogP contribution in [0.3, 0.4) is 0 Å². The predicted molar refractivity (Wildman–Crippen MR) is 81.2 cm³/mol. The van der Waals surface area contributed by atoms with Crippen LogP contribution in [-0.2, 0) is 14.3 Å². The summed E-state index contributed by atoms with van der Waals surface area (Å²) < 4.78 is 37.0. The Morgan fingerprint density at radius 3 is 2.50 bits per heavy atom. The van der Waals surface area contributed by atoms with Crippen molar-refractivity contribution in [3.8, 4) is 5.75 Å². The fraction of sp³-hybridized carbons (Fsp3) is 0.176. The van der Waals surface area contributed by atoms with E-state index in [0.717, 1.165) is 25.3 Å². The van der Waals surface area contributed by atoms with Gasteiger partial charge in [-0.25, -0.2) is 13.6 Å². The number of carbonyl (C=O) groups is 2. The molecule has 1 N–H and O–H groups in total. The van der Waals surface area contributed by atoms with Crippen LogP contribution in [-0.4, -0.2) is 25.6 Å². The third kappa shape index (κ3) is 4.52. The van der Waals surface area contributed by atoms with Crippen LogP contribution >= 0.6 is 0 Å². The lowest BCUT2D eigenvalue weighted by atomic mass is 10.1. The molecular formula is C17H15F2NO4. The standard InChI is InChI=1S/C17H15F2NO4/c1-23-17(22)16(13-9-11(18)7-8-14(13)19)20-15(21)10-24-12-5-3-2-4-6-12/h2-9,16H,10H2,1H3,(H,20,21)/t16-/m1/s1. The van der Waals surface area contributed by atoms with Gasteiger partial charge in [-0.05, 0) is 30.3 Å². The Morgan fingerprint density at radius 2 is 1.83 bits per heavy atom. The number of hydrogen-bond acceptors (Lipinski definition) is 4. The van der Waals surface area contributed by atoms with Gasteiger partial charge >= 0.3 is 5.97 Å². The molecule has 0 bridgehead atoms. The van der Waals surface area contributed by atoms with Crippen molar-refractivity contribution in [2.45, 2.75) is 6.04 Å². The van der Waals surface area contributed by atoms with Crippen molar-refractivity contribution in [1.29, 1.82) is 0 Å². The number of nitrogens with one attached hydrogen (secondary N) is 1. The van der Waals surface area contributed by atoms with Crippen molar-refractivity contribution in [3.05, 3.63) is 65.7 Å². The van der Waals surface area contributed by atoms with E-state index < -0.39 is 36.2 Å². The molecule has 2 aromatic rings. The highest BCUT2D eigenvalue weighted by Crippen LogP contribution is 2.20. The molecule has 0 saturated heterocycles. The molecule has 0 aliphatic heterocycles. The van der Waals surface area contributed by atoms with Gasteiger partial charge in [-0.15, -0.1) is 0 Å². The van der Waals surface area contributed by atoms with E-state index in [-0.39, 0.29) is 5.56 Å². The van der Waals surface area contributed by atoms with Crippen molar-refractivity contribution in [3.63, 3.8) is 0 Å². The summed E-state index contributed by atoms with van der Waals surface area (Å²) in [6, 6.07) is 9.68. The van der Waals surface area contributed by atoms with Crippen LogP contribution in [0.5, 0.6) is 5.75 Å². The number of ether oxygens (including phenoxy) is 2. The minimum Gasteiger partial charge on any atom is -0.484 e. The highest BCUT2D eigenvalue weighted by Gasteiger charge is 2.27. The summed E-state index contributed by atoms with van der Waals surface area (Å²) in [6.45, 7) is -0.394. The zero-order chi connectivity index (χ0) is 17.5. The number of esters is 1. The summed E-state index contributed by atoms with van der Waals surface area (Å²) in [6.07, 6.45) is 0. The Bertz CT molecular complexity index is 722. The minimum absolute atomic E-state index is 0.324. The zero-order valence-electron chi connectivity index (χ0n) is 12.8. The molecule has 2 aromatic carbocycles. The van der Waals surface area contributed by atoms with E-state index in [0.29, 0.717) is 5.75 Å². The molecule has 126 valence electrons. The molecule has 0 unspecified atom stereocenters. The van der Waals surface area contributed by atoms with E-state index in [4.69, 9.17) is 4.74 Å². The molecule has 2 rings (SSSR count). The Morgan fingerprint density at radius 1 is 1.12 bits per heavy atom. The second-order valence-corrected chi connectivity index (χ2v) is 4.79. The quantitative estimate of drug-likeness (QED) is 0.823. The summed E-state index contributed by atoms with van der Waals surface area (Å²) in [5, 5.41) is 2.28. The third-order valence-electron chi connectivity index (χ3n) is 3.12. The first-order valence-corrected chi connectivity index (χ1v) is 7.01. The molecule has 0 aromatic heterocycles. The number of halogens is 2. The van der Waals surface area contributed by atoms with Gasteiger partial charge in [0.05, 0.1) is 7.11 Å². The highest BCUT2D eigenvalue weighted by atomic mass is 19.1. The number of benzene rings is 2. The highest BCUT2D eigenvalue weighted by molar-refractivity contribution is 5.86. The average Bonchev–Trinajstić information content (AvgIpc) is 2.60. The molecular weight excluding hydrogens is 320 g/mol. The third-order valence-corrected chi connectivity index (χ3v) is 3.12. The molecule has 24 heavy (non-hydrogen) atoms. The Balaban J connectivity index is 2.10. The van der Waals surface area contributed by atoms with Crippen LogP contribution in [0.4, 0.5) is 8.78 Å². The van der Waals surface area contributed by atoms with Gasteiger partial charge in [0.2, 0.25) is 0 Å². The van der Waals surface area contributed by atoms with Crippen LogP contribution in [0.2, 0.25) is 0 Å². The summed E-state index contributed by atoms with van der Waals surface area (Å²) in [5.74, 6) is -2.73. The first-order chi connectivity index (χ1) is 11.5. The summed E-state index contributed by atoms with van der Waals surface area (Å²) in [7, 11) is 1.08. The molecule has 7 heteroatoms. The molecule has 0 heterocycles. The molecule has 0 aliphatic carbocycles. The van der Waals surface area contributed by atoms with Gasteiger partial charge in [-0.3, -0.25) is 4.79 Å². The summed E-state index contributed by atoms with van der Waals surface area (Å²) >= 11 is 0. The lowest BCUT2D eigenvalue weighted by Gasteiger charge is -2.17. The maximum absolute atomic E-state index is 13.9. The number of para-hydroxylation sites is 1. The monoisotopic (exact) mass is 335 g/mol. The number of rotatable bonds is 6. The molecule has 0 spiro atoms. The van der Waals surface area contributed by atoms with Gasteiger partial charge in [0.25, 0.3) is 5.91 Å². The van der Waals surface area contributed by atoms with Crippen molar-refractivity contribution < 1.29 is 27.8 Å². The van der Waals surface area contributed by atoms with Gasteiger partial charge in [0.1, 0.15) is 17.4 Å². The van der Waals surface area contributed by atoms with Crippen LogP contribution in [0.1, 0.15) is 11.6 Å². The van der Waals surface area contributed by atoms with E-state index in [1.807, 2.05) is 0 Å². The van der Waals surface area contributed by atoms with E-state index >= 15 is 0 Å². The number of amides is 1. The lowest BCUT2D eigenvalue weighted by molar-refractivity contribution is -0.145. The number of methoxy groups -OCH3 is 1. The van der Waals surface area contributed by atoms with E-state index in [1.165, 1.54) is 0 Å². The predicted octanol–water partition coefficient (Wildman–Crippen LogP) is 2.37. The van der Waals surface area contributed by atoms with Crippen LogP contribution in [0.25, 0.3) is 0 Å². The average molecular weight is 335 g/mol. The van der Waals surface area contributed by atoms with Gasteiger partial charge < -0.3 is 14.8 Å². The molecule has 5 nitrogen and oxygen atoms in total. The lowest BCUT2D eigenvalue weighted by Crippen LogP contribution is -2.37. The van der Waals surface area contributed by atoms with Crippen molar-refractivity contribution in [1.82, 2.24) is 5.32 Å². The molecule has 1 amide bonds. The summed E-state index contributed by atoms with van der Waals surface area (Å²) in [5.41, 5.74) is -0.324. The van der Waals surface area contributed by atoms with Crippen LogP contribution < -0.4 is 10.1 Å². The van der Waals surface area contributed by atoms with Gasteiger partial charge in [-0.2, -0.15) is 0 Å². The van der Waals surface area contributed by atoms with Gasteiger partial charge in [0, 0.05) is 5.56 Å².